The molecule has 0 aliphatic rings. The Hall–Kier alpha value is -2.14. The van der Waals surface area contributed by atoms with Crippen LogP contribution in [0.5, 0.6) is 0 Å². The van der Waals surface area contributed by atoms with Gasteiger partial charge < -0.3 is 10.4 Å². The van der Waals surface area contributed by atoms with E-state index in [4.69, 9.17) is 16.7 Å². The van der Waals surface area contributed by atoms with Crippen molar-refractivity contribution in [2.75, 3.05) is 5.32 Å². The molecule has 0 heterocycles. The summed E-state index contributed by atoms with van der Waals surface area (Å²) >= 11 is 5.75. The monoisotopic (exact) mass is 283 g/mol. The summed E-state index contributed by atoms with van der Waals surface area (Å²) in [6.45, 7) is 0. The smallest absolute Gasteiger partial charge is 0.335 e. The van der Waals surface area contributed by atoms with Crippen LogP contribution < -0.4 is 5.32 Å². The van der Waals surface area contributed by atoms with Crippen LogP contribution in [0.2, 0.25) is 5.02 Å². The molecule has 3 nitrogen and oxygen atoms in total. The molecule has 6 heteroatoms. The first-order valence-electron chi connectivity index (χ1n) is 5.22. The highest BCUT2D eigenvalue weighted by atomic mass is 35.5. The fraction of sp³-hybridized carbons (Fsp3) is 0. The molecule has 0 aromatic heterocycles. The highest BCUT2D eigenvalue weighted by molar-refractivity contribution is 6.30. The summed E-state index contributed by atoms with van der Waals surface area (Å²) in [6.07, 6.45) is 0. The minimum atomic E-state index is -1.40. The molecule has 0 amide bonds. The van der Waals surface area contributed by atoms with Crippen molar-refractivity contribution in [3.63, 3.8) is 0 Å². The van der Waals surface area contributed by atoms with Gasteiger partial charge in [-0.15, -0.1) is 0 Å². The Balaban J connectivity index is 2.38. The van der Waals surface area contributed by atoms with Crippen LogP contribution in [0.25, 0.3) is 0 Å². The van der Waals surface area contributed by atoms with Gasteiger partial charge in [0.1, 0.15) is 5.69 Å². The first kappa shape index (κ1) is 13.3. The van der Waals surface area contributed by atoms with Crippen molar-refractivity contribution >= 4 is 28.9 Å². The second-order valence-electron chi connectivity index (χ2n) is 3.76. The number of halogens is 3. The average molecular weight is 284 g/mol. The van der Waals surface area contributed by atoms with Gasteiger partial charge in [-0.25, -0.2) is 13.6 Å². The largest absolute Gasteiger partial charge is 0.478 e. The van der Waals surface area contributed by atoms with Crippen molar-refractivity contribution in [2.45, 2.75) is 0 Å². The molecule has 19 heavy (non-hydrogen) atoms. The van der Waals surface area contributed by atoms with Gasteiger partial charge in [-0.1, -0.05) is 17.7 Å². The molecule has 0 bridgehead atoms. The van der Waals surface area contributed by atoms with Gasteiger partial charge >= 0.3 is 5.97 Å². The minimum Gasteiger partial charge on any atom is -0.478 e. The van der Waals surface area contributed by atoms with Crippen molar-refractivity contribution in [1.29, 1.82) is 0 Å². The Morgan fingerprint density at radius 1 is 1.16 bits per heavy atom. The number of nitrogens with one attached hydrogen (secondary N) is 1. The van der Waals surface area contributed by atoms with E-state index in [0.29, 0.717) is 10.7 Å². The van der Waals surface area contributed by atoms with E-state index in [1.54, 1.807) is 18.2 Å². The Labute approximate surface area is 112 Å². The van der Waals surface area contributed by atoms with Gasteiger partial charge in [-0.05, 0) is 30.3 Å². The fourth-order valence-electron chi connectivity index (χ4n) is 1.53. The number of hydrogen-bond acceptors (Lipinski definition) is 2. The lowest BCUT2D eigenvalue weighted by Gasteiger charge is -2.09. The lowest BCUT2D eigenvalue weighted by atomic mass is 10.2. The number of rotatable bonds is 3. The van der Waals surface area contributed by atoms with Crippen molar-refractivity contribution < 1.29 is 18.7 Å². The van der Waals surface area contributed by atoms with Gasteiger partial charge in [0.15, 0.2) is 11.6 Å². The zero-order valence-corrected chi connectivity index (χ0v) is 10.2. The van der Waals surface area contributed by atoms with Crippen molar-refractivity contribution in [3.05, 3.63) is 58.6 Å². The molecule has 0 atom stereocenters. The predicted molar refractivity (Wildman–Crippen MR) is 68.1 cm³/mol. The molecule has 0 aliphatic carbocycles. The fourth-order valence-corrected chi connectivity index (χ4v) is 1.72. The van der Waals surface area contributed by atoms with Gasteiger partial charge in [0.25, 0.3) is 0 Å². The van der Waals surface area contributed by atoms with Gasteiger partial charge in [-0.2, -0.15) is 0 Å². The van der Waals surface area contributed by atoms with E-state index in [0.717, 1.165) is 12.1 Å². The molecule has 2 aromatic carbocycles. The number of carbonyl (C=O) groups is 1. The SMILES string of the molecule is O=C(O)c1cc(F)c(Nc2cccc(Cl)c2)c(F)c1. The maximum Gasteiger partial charge on any atom is 0.335 e. The van der Waals surface area contributed by atoms with Gasteiger partial charge in [0.05, 0.1) is 5.56 Å². The highest BCUT2D eigenvalue weighted by Gasteiger charge is 2.14. The van der Waals surface area contributed by atoms with Crippen LogP contribution in [-0.2, 0) is 0 Å². The van der Waals surface area contributed by atoms with Crippen LogP contribution in [-0.4, -0.2) is 11.1 Å². The Kier molecular flexibility index (Phi) is 3.66. The zero-order chi connectivity index (χ0) is 14.0. The Bertz CT molecular complexity index is 623. The molecule has 2 N–H and O–H groups in total. The molecule has 0 fully saturated rings. The van der Waals surface area contributed by atoms with E-state index in [1.165, 1.54) is 6.07 Å². The summed E-state index contributed by atoms with van der Waals surface area (Å²) < 4.78 is 27.3. The minimum absolute atomic E-state index is 0.397. The van der Waals surface area contributed by atoms with Crippen LogP contribution in [0.4, 0.5) is 20.2 Å². The molecule has 0 unspecified atom stereocenters. The van der Waals surface area contributed by atoms with Crippen LogP contribution in [0.1, 0.15) is 10.4 Å². The Morgan fingerprint density at radius 3 is 2.32 bits per heavy atom. The molecule has 98 valence electrons. The molecule has 0 saturated heterocycles. The van der Waals surface area contributed by atoms with Gasteiger partial charge in [0.2, 0.25) is 0 Å². The number of carboxylic acid groups (broad SMARTS) is 1. The lowest BCUT2D eigenvalue weighted by Crippen LogP contribution is -2.03. The van der Waals surface area contributed by atoms with E-state index in [2.05, 4.69) is 5.32 Å². The van der Waals surface area contributed by atoms with Crippen LogP contribution >= 0.6 is 11.6 Å². The third kappa shape index (κ3) is 3.00. The zero-order valence-electron chi connectivity index (χ0n) is 9.45. The number of carboxylic acids is 1. The van der Waals surface area contributed by atoms with Gasteiger partial charge in [0, 0.05) is 10.7 Å². The standard InChI is InChI=1S/C13H8ClF2NO2/c14-8-2-1-3-9(6-8)17-12-10(15)4-7(13(18)19)5-11(12)16/h1-6,17H,(H,18,19). The third-order valence-electron chi connectivity index (χ3n) is 2.38. The average Bonchev–Trinajstić information content (AvgIpc) is 2.33. The van der Waals surface area contributed by atoms with Crippen LogP contribution in [0.15, 0.2) is 36.4 Å². The number of aromatic carboxylic acids is 1. The summed E-state index contributed by atoms with van der Waals surface area (Å²) in [5.41, 5.74) is -0.479. The molecular weight excluding hydrogens is 276 g/mol. The predicted octanol–water partition coefficient (Wildman–Crippen LogP) is 4.06. The van der Waals surface area contributed by atoms with E-state index < -0.39 is 28.9 Å². The van der Waals surface area contributed by atoms with E-state index >= 15 is 0 Å². The van der Waals surface area contributed by atoms with Crippen LogP contribution in [0.3, 0.4) is 0 Å². The van der Waals surface area contributed by atoms with E-state index in [9.17, 15) is 13.6 Å². The maximum atomic E-state index is 13.7. The van der Waals surface area contributed by atoms with Crippen molar-refractivity contribution in [1.82, 2.24) is 0 Å². The topological polar surface area (TPSA) is 49.3 Å². The first-order valence-corrected chi connectivity index (χ1v) is 5.60. The molecule has 2 aromatic rings. The molecule has 0 aliphatic heterocycles. The summed E-state index contributed by atoms with van der Waals surface area (Å²) in [6, 6.07) is 7.80. The quantitative estimate of drug-likeness (QED) is 0.893. The van der Waals surface area contributed by atoms with E-state index in [-0.39, 0.29) is 0 Å². The maximum absolute atomic E-state index is 13.7. The lowest BCUT2D eigenvalue weighted by molar-refractivity contribution is 0.0696. The van der Waals surface area contributed by atoms with Crippen molar-refractivity contribution in [3.8, 4) is 0 Å². The third-order valence-corrected chi connectivity index (χ3v) is 2.62. The second-order valence-corrected chi connectivity index (χ2v) is 4.19. The normalized spacial score (nSPS) is 10.3. The Morgan fingerprint density at radius 2 is 1.79 bits per heavy atom. The first-order chi connectivity index (χ1) is 8.97. The summed E-state index contributed by atoms with van der Waals surface area (Å²) in [5, 5.41) is 11.6. The summed E-state index contributed by atoms with van der Waals surface area (Å²) in [4.78, 5) is 10.6. The summed E-state index contributed by atoms with van der Waals surface area (Å²) in [7, 11) is 0. The van der Waals surface area contributed by atoms with Crippen molar-refractivity contribution in [2.24, 2.45) is 0 Å². The number of hydrogen-bond donors (Lipinski definition) is 2. The van der Waals surface area contributed by atoms with E-state index in [1.807, 2.05) is 0 Å². The van der Waals surface area contributed by atoms with Crippen LogP contribution in [0, 0.1) is 11.6 Å². The number of benzene rings is 2. The molecule has 2 rings (SSSR count). The molecular formula is C13H8ClF2NO2. The second kappa shape index (κ2) is 5.24. The molecule has 0 saturated carbocycles. The number of anilines is 2. The summed E-state index contributed by atoms with van der Waals surface area (Å²) in [5.74, 6) is -3.37. The highest BCUT2D eigenvalue weighted by Crippen LogP contribution is 2.26. The molecule has 0 radical (unpaired) electrons. The molecule has 0 spiro atoms. The van der Waals surface area contributed by atoms with Gasteiger partial charge in [-0.3, -0.25) is 0 Å².